The van der Waals surface area contributed by atoms with Gasteiger partial charge in [-0.3, -0.25) is 4.79 Å². The Bertz CT molecular complexity index is 324. The lowest BCUT2D eigenvalue weighted by atomic mass is 9.94. The zero-order valence-corrected chi connectivity index (χ0v) is 11.4. The lowest BCUT2D eigenvalue weighted by molar-refractivity contribution is -0.129. The monoisotopic (exact) mass is 239 g/mol. The van der Waals surface area contributed by atoms with Crippen molar-refractivity contribution >= 4 is 17.2 Å². The lowest BCUT2D eigenvalue weighted by Gasteiger charge is -2.23. The highest BCUT2D eigenvalue weighted by Gasteiger charge is 2.24. The third-order valence-corrected chi connectivity index (χ3v) is 3.44. The minimum absolute atomic E-state index is 0.124. The Balaban J connectivity index is 2.70. The first-order valence-electron chi connectivity index (χ1n) is 5.79. The van der Waals surface area contributed by atoms with E-state index < -0.39 is 0 Å². The molecule has 2 nitrogen and oxygen atoms in total. The van der Waals surface area contributed by atoms with E-state index >= 15 is 0 Å². The quantitative estimate of drug-likeness (QED) is 0.851. The minimum Gasteiger partial charge on any atom is -0.348 e. The molecule has 1 N–H and O–H groups in total. The van der Waals surface area contributed by atoms with Crippen LogP contribution < -0.4 is 5.32 Å². The zero-order valence-electron chi connectivity index (χ0n) is 10.5. The molecule has 1 amide bonds. The van der Waals surface area contributed by atoms with E-state index in [2.05, 4.69) is 23.7 Å². The van der Waals surface area contributed by atoms with Crippen molar-refractivity contribution in [2.75, 3.05) is 0 Å². The van der Waals surface area contributed by atoms with E-state index in [0.717, 1.165) is 12.8 Å². The van der Waals surface area contributed by atoms with Crippen molar-refractivity contribution in [3.8, 4) is 0 Å². The van der Waals surface area contributed by atoms with Gasteiger partial charge in [-0.2, -0.15) is 0 Å². The van der Waals surface area contributed by atoms with Gasteiger partial charge in [0.2, 0.25) is 5.91 Å². The van der Waals surface area contributed by atoms with Gasteiger partial charge in [0.05, 0.1) is 6.04 Å². The molecule has 0 saturated heterocycles. The largest absolute Gasteiger partial charge is 0.348 e. The Kier molecular flexibility index (Phi) is 4.54. The van der Waals surface area contributed by atoms with Gasteiger partial charge in [0, 0.05) is 10.3 Å². The first-order chi connectivity index (χ1) is 7.45. The topological polar surface area (TPSA) is 29.1 Å². The molecule has 0 aromatic carbocycles. The van der Waals surface area contributed by atoms with E-state index in [9.17, 15) is 4.79 Å². The van der Waals surface area contributed by atoms with Crippen LogP contribution in [0.25, 0.3) is 0 Å². The second-order valence-electron chi connectivity index (χ2n) is 5.08. The number of carbonyl (C=O) groups is 1. The molecule has 0 radical (unpaired) electrons. The van der Waals surface area contributed by atoms with Crippen LogP contribution >= 0.6 is 11.3 Å². The summed E-state index contributed by atoms with van der Waals surface area (Å²) in [5.41, 5.74) is -0.316. The molecule has 0 aliphatic heterocycles. The maximum atomic E-state index is 11.9. The molecular weight excluding hydrogens is 218 g/mol. The second-order valence-corrected chi connectivity index (χ2v) is 6.06. The van der Waals surface area contributed by atoms with Crippen molar-refractivity contribution in [1.29, 1.82) is 0 Å². The van der Waals surface area contributed by atoms with Crippen molar-refractivity contribution in [2.45, 2.75) is 46.6 Å². The van der Waals surface area contributed by atoms with Crippen LogP contribution in [0.5, 0.6) is 0 Å². The fourth-order valence-corrected chi connectivity index (χ4v) is 2.25. The van der Waals surface area contributed by atoms with Crippen LogP contribution in [-0.2, 0) is 4.79 Å². The van der Waals surface area contributed by atoms with Gasteiger partial charge in [-0.15, -0.1) is 11.3 Å². The van der Waals surface area contributed by atoms with E-state index in [4.69, 9.17) is 0 Å². The number of hydrogen-bond acceptors (Lipinski definition) is 2. The number of nitrogens with one attached hydrogen (secondary N) is 1. The SMILES string of the molecule is CCCC(NC(=O)C(C)(C)C)c1cccs1. The summed E-state index contributed by atoms with van der Waals surface area (Å²) in [6.45, 7) is 7.98. The third-order valence-electron chi connectivity index (χ3n) is 2.45. The first-order valence-corrected chi connectivity index (χ1v) is 6.67. The van der Waals surface area contributed by atoms with Crippen molar-refractivity contribution < 1.29 is 4.79 Å². The van der Waals surface area contributed by atoms with Crippen molar-refractivity contribution in [3.05, 3.63) is 22.4 Å². The van der Waals surface area contributed by atoms with Crippen LogP contribution in [-0.4, -0.2) is 5.91 Å². The van der Waals surface area contributed by atoms with Crippen molar-refractivity contribution in [2.24, 2.45) is 5.41 Å². The number of amides is 1. The fraction of sp³-hybridized carbons (Fsp3) is 0.615. The van der Waals surface area contributed by atoms with Crippen LogP contribution in [0.4, 0.5) is 0 Å². The molecule has 0 aliphatic carbocycles. The Morgan fingerprint density at radius 3 is 2.62 bits per heavy atom. The van der Waals surface area contributed by atoms with Gasteiger partial charge in [-0.25, -0.2) is 0 Å². The van der Waals surface area contributed by atoms with E-state index in [1.807, 2.05) is 26.8 Å². The van der Waals surface area contributed by atoms with Gasteiger partial charge in [-0.05, 0) is 17.9 Å². The smallest absolute Gasteiger partial charge is 0.225 e. The molecule has 1 atom stereocenters. The summed E-state index contributed by atoms with van der Waals surface area (Å²) in [5.74, 6) is 0.124. The average Bonchev–Trinajstić information content (AvgIpc) is 2.68. The average molecular weight is 239 g/mol. The van der Waals surface area contributed by atoms with Crippen LogP contribution in [0.15, 0.2) is 17.5 Å². The Hall–Kier alpha value is -0.830. The Labute approximate surface area is 102 Å². The summed E-state index contributed by atoms with van der Waals surface area (Å²) in [5, 5.41) is 5.19. The summed E-state index contributed by atoms with van der Waals surface area (Å²) < 4.78 is 0. The molecular formula is C13H21NOS. The summed E-state index contributed by atoms with van der Waals surface area (Å²) in [7, 11) is 0. The molecule has 1 heterocycles. The molecule has 1 aromatic heterocycles. The molecule has 0 aliphatic rings. The minimum atomic E-state index is -0.316. The Morgan fingerprint density at radius 1 is 1.50 bits per heavy atom. The van der Waals surface area contributed by atoms with Crippen LogP contribution in [0.1, 0.15) is 51.5 Å². The van der Waals surface area contributed by atoms with Crippen LogP contribution in [0, 0.1) is 5.41 Å². The molecule has 1 aromatic rings. The van der Waals surface area contributed by atoms with Crippen LogP contribution in [0.2, 0.25) is 0 Å². The lowest BCUT2D eigenvalue weighted by Crippen LogP contribution is -2.37. The molecule has 16 heavy (non-hydrogen) atoms. The van der Waals surface area contributed by atoms with E-state index in [1.54, 1.807) is 11.3 Å². The highest BCUT2D eigenvalue weighted by atomic mass is 32.1. The van der Waals surface area contributed by atoms with Gasteiger partial charge in [-0.1, -0.05) is 40.2 Å². The highest BCUT2D eigenvalue weighted by molar-refractivity contribution is 7.10. The van der Waals surface area contributed by atoms with E-state index in [1.165, 1.54) is 4.88 Å². The number of hydrogen-bond donors (Lipinski definition) is 1. The molecule has 0 fully saturated rings. The molecule has 0 spiro atoms. The van der Waals surface area contributed by atoms with Gasteiger partial charge in [0.1, 0.15) is 0 Å². The molecule has 0 saturated carbocycles. The summed E-state index contributed by atoms with van der Waals surface area (Å²) in [6, 6.07) is 4.30. The number of thiophene rings is 1. The standard InChI is InChI=1S/C13H21NOS/c1-5-7-10(11-8-6-9-16-11)14-12(15)13(2,3)4/h6,8-10H,5,7H2,1-4H3,(H,14,15). The van der Waals surface area contributed by atoms with Gasteiger partial charge in [0.25, 0.3) is 0 Å². The second kappa shape index (κ2) is 5.48. The summed E-state index contributed by atoms with van der Waals surface area (Å²) in [4.78, 5) is 13.2. The molecule has 3 heteroatoms. The molecule has 1 rings (SSSR count). The third kappa shape index (κ3) is 3.63. The summed E-state index contributed by atoms with van der Waals surface area (Å²) >= 11 is 1.71. The van der Waals surface area contributed by atoms with E-state index in [0.29, 0.717) is 0 Å². The normalized spacial score (nSPS) is 13.5. The molecule has 0 bridgehead atoms. The van der Waals surface area contributed by atoms with E-state index in [-0.39, 0.29) is 17.4 Å². The molecule has 1 unspecified atom stereocenters. The summed E-state index contributed by atoms with van der Waals surface area (Å²) in [6.07, 6.45) is 2.08. The number of rotatable bonds is 4. The predicted octanol–water partition coefficient (Wildman–Crippen LogP) is 3.75. The van der Waals surface area contributed by atoms with Crippen molar-refractivity contribution in [3.63, 3.8) is 0 Å². The highest BCUT2D eigenvalue weighted by Crippen LogP contribution is 2.25. The zero-order chi connectivity index (χ0) is 12.2. The van der Waals surface area contributed by atoms with Gasteiger partial charge >= 0.3 is 0 Å². The number of carbonyl (C=O) groups excluding carboxylic acids is 1. The van der Waals surface area contributed by atoms with Gasteiger partial charge < -0.3 is 5.32 Å². The predicted molar refractivity (Wildman–Crippen MR) is 69.6 cm³/mol. The van der Waals surface area contributed by atoms with Gasteiger partial charge in [0.15, 0.2) is 0 Å². The Morgan fingerprint density at radius 2 is 2.19 bits per heavy atom. The maximum Gasteiger partial charge on any atom is 0.225 e. The maximum absolute atomic E-state index is 11.9. The molecule has 90 valence electrons. The first kappa shape index (κ1) is 13.2. The fourth-order valence-electron chi connectivity index (χ4n) is 1.44. The van der Waals surface area contributed by atoms with Crippen molar-refractivity contribution in [1.82, 2.24) is 5.32 Å². The van der Waals surface area contributed by atoms with Crippen LogP contribution in [0.3, 0.4) is 0 Å².